The van der Waals surface area contributed by atoms with Crippen molar-refractivity contribution in [3.05, 3.63) is 45.7 Å². The molecular weight excluding hydrogens is 309 g/mol. The third kappa shape index (κ3) is 3.75. The quantitative estimate of drug-likeness (QED) is 0.651. The van der Waals surface area contributed by atoms with E-state index in [4.69, 9.17) is 29.0 Å². The fourth-order valence-electron chi connectivity index (χ4n) is 2.00. The van der Waals surface area contributed by atoms with Crippen LogP contribution in [0.3, 0.4) is 0 Å². The minimum Gasteiger partial charge on any atom is -0.350 e. The molecule has 0 spiro atoms. The standard InChI is InChI=1S/C14H17Cl2N5/c1-3-21(8-10-6-4-5-9(2)18-10)14-12(16)7-11(15)13(19-14)20-17/h4-7H,3,8,17H2,1-2H3,(H,19,20). The summed E-state index contributed by atoms with van der Waals surface area (Å²) in [6.45, 7) is 5.33. The van der Waals surface area contributed by atoms with E-state index in [0.717, 1.165) is 17.9 Å². The number of pyridine rings is 2. The number of hydrazine groups is 1. The van der Waals surface area contributed by atoms with Crippen molar-refractivity contribution >= 4 is 34.8 Å². The van der Waals surface area contributed by atoms with E-state index < -0.39 is 0 Å². The topological polar surface area (TPSA) is 67.1 Å². The van der Waals surface area contributed by atoms with E-state index in [0.29, 0.717) is 28.2 Å². The molecule has 2 aromatic heterocycles. The number of anilines is 2. The van der Waals surface area contributed by atoms with Gasteiger partial charge in [0.2, 0.25) is 0 Å². The van der Waals surface area contributed by atoms with Gasteiger partial charge < -0.3 is 10.3 Å². The highest BCUT2D eigenvalue weighted by molar-refractivity contribution is 6.37. The zero-order valence-electron chi connectivity index (χ0n) is 11.9. The Labute approximate surface area is 134 Å². The van der Waals surface area contributed by atoms with Gasteiger partial charge in [-0.15, -0.1) is 0 Å². The van der Waals surface area contributed by atoms with Crippen LogP contribution < -0.4 is 16.2 Å². The van der Waals surface area contributed by atoms with Crippen LogP contribution in [-0.2, 0) is 6.54 Å². The molecule has 0 saturated carbocycles. The third-order valence-electron chi connectivity index (χ3n) is 3.03. The predicted octanol–water partition coefficient (Wildman–Crippen LogP) is 3.40. The molecule has 0 saturated heterocycles. The second-order valence-electron chi connectivity index (χ2n) is 4.55. The molecular formula is C14H17Cl2N5. The Balaban J connectivity index is 2.33. The fraction of sp³-hybridized carbons (Fsp3) is 0.286. The Kier molecular flexibility index (Phi) is 5.22. The van der Waals surface area contributed by atoms with Gasteiger partial charge in [-0.1, -0.05) is 29.3 Å². The lowest BCUT2D eigenvalue weighted by Crippen LogP contribution is -2.25. The van der Waals surface area contributed by atoms with Crippen molar-refractivity contribution < 1.29 is 0 Å². The SMILES string of the molecule is CCN(Cc1cccc(C)n1)c1nc(NN)c(Cl)cc1Cl. The van der Waals surface area contributed by atoms with Crippen LogP contribution in [0.2, 0.25) is 10.0 Å². The first-order chi connectivity index (χ1) is 10.0. The Hall–Kier alpha value is -1.56. The van der Waals surface area contributed by atoms with E-state index in [1.165, 1.54) is 0 Å². The highest BCUT2D eigenvalue weighted by Crippen LogP contribution is 2.31. The van der Waals surface area contributed by atoms with Crippen LogP contribution >= 0.6 is 23.2 Å². The number of hydrogen-bond donors (Lipinski definition) is 2. The molecule has 0 bridgehead atoms. The fourth-order valence-corrected chi connectivity index (χ4v) is 2.53. The van der Waals surface area contributed by atoms with Crippen molar-refractivity contribution in [1.82, 2.24) is 9.97 Å². The van der Waals surface area contributed by atoms with Crippen LogP contribution in [0.15, 0.2) is 24.3 Å². The van der Waals surface area contributed by atoms with Crippen LogP contribution in [0.1, 0.15) is 18.3 Å². The van der Waals surface area contributed by atoms with E-state index in [1.54, 1.807) is 6.07 Å². The van der Waals surface area contributed by atoms with E-state index in [-0.39, 0.29) is 0 Å². The molecule has 2 heterocycles. The molecule has 0 aliphatic carbocycles. The summed E-state index contributed by atoms with van der Waals surface area (Å²) in [6.07, 6.45) is 0. The summed E-state index contributed by atoms with van der Waals surface area (Å²) in [7, 11) is 0. The predicted molar refractivity (Wildman–Crippen MR) is 87.8 cm³/mol. The number of hydrogen-bond acceptors (Lipinski definition) is 5. The van der Waals surface area contributed by atoms with Crippen molar-refractivity contribution in [2.45, 2.75) is 20.4 Å². The van der Waals surface area contributed by atoms with Crippen LogP contribution in [0.5, 0.6) is 0 Å². The lowest BCUT2D eigenvalue weighted by Gasteiger charge is -2.23. The van der Waals surface area contributed by atoms with Gasteiger partial charge >= 0.3 is 0 Å². The van der Waals surface area contributed by atoms with E-state index in [9.17, 15) is 0 Å². The number of nitrogens with zero attached hydrogens (tertiary/aromatic N) is 3. The number of aryl methyl sites for hydroxylation is 1. The molecule has 2 aromatic rings. The summed E-state index contributed by atoms with van der Waals surface area (Å²) in [5.74, 6) is 6.43. The molecule has 5 nitrogen and oxygen atoms in total. The van der Waals surface area contributed by atoms with E-state index in [1.807, 2.05) is 36.9 Å². The molecule has 0 unspecified atom stereocenters. The largest absolute Gasteiger partial charge is 0.350 e. The summed E-state index contributed by atoms with van der Waals surface area (Å²) >= 11 is 12.3. The number of nitrogen functional groups attached to an aromatic ring is 1. The first-order valence-electron chi connectivity index (χ1n) is 6.55. The smallest absolute Gasteiger partial charge is 0.161 e. The first kappa shape index (κ1) is 15.8. The van der Waals surface area contributed by atoms with Crippen molar-refractivity contribution in [3.8, 4) is 0 Å². The van der Waals surface area contributed by atoms with Gasteiger partial charge in [0.25, 0.3) is 0 Å². The molecule has 7 heteroatoms. The van der Waals surface area contributed by atoms with E-state index in [2.05, 4.69) is 15.4 Å². The van der Waals surface area contributed by atoms with Crippen LogP contribution in [0, 0.1) is 6.92 Å². The number of halogens is 2. The molecule has 0 aromatic carbocycles. The zero-order chi connectivity index (χ0) is 15.4. The summed E-state index contributed by atoms with van der Waals surface area (Å²) in [5, 5.41) is 0.865. The molecule has 0 fully saturated rings. The van der Waals surface area contributed by atoms with Gasteiger partial charge in [-0.25, -0.2) is 10.8 Å². The summed E-state index contributed by atoms with van der Waals surface area (Å²) in [4.78, 5) is 10.9. The Morgan fingerprint density at radius 3 is 2.62 bits per heavy atom. The number of nitrogens with one attached hydrogen (secondary N) is 1. The Morgan fingerprint density at radius 1 is 1.24 bits per heavy atom. The third-order valence-corrected chi connectivity index (χ3v) is 3.59. The monoisotopic (exact) mass is 325 g/mol. The highest BCUT2D eigenvalue weighted by atomic mass is 35.5. The van der Waals surface area contributed by atoms with Gasteiger partial charge in [0, 0.05) is 12.2 Å². The summed E-state index contributed by atoms with van der Waals surface area (Å²) in [5.41, 5.74) is 4.40. The normalized spacial score (nSPS) is 10.5. The van der Waals surface area contributed by atoms with Crippen molar-refractivity contribution in [3.63, 3.8) is 0 Å². The summed E-state index contributed by atoms with van der Waals surface area (Å²) in [6, 6.07) is 7.55. The minimum absolute atomic E-state index is 0.385. The van der Waals surface area contributed by atoms with Crippen LogP contribution in [-0.4, -0.2) is 16.5 Å². The molecule has 0 radical (unpaired) electrons. The average molecular weight is 326 g/mol. The molecule has 0 atom stereocenters. The van der Waals surface area contributed by atoms with Crippen molar-refractivity contribution in [2.75, 3.05) is 16.9 Å². The first-order valence-corrected chi connectivity index (χ1v) is 7.31. The van der Waals surface area contributed by atoms with Crippen molar-refractivity contribution in [2.24, 2.45) is 5.84 Å². The zero-order valence-corrected chi connectivity index (χ0v) is 13.4. The lowest BCUT2D eigenvalue weighted by molar-refractivity contribution is 0.791. The maximum atomic E-state index is 6.25. The second kappa shape index (κ2) is 6.93. The summed E-state index contributed by atoms with van der Waals surface area (Å²) < 4.78 is 0. The van der Waals surface area contributed by atoms with Gasteiger partial charge in [-0.2, -0.15) is 0 Å². The maximum absolute atomic E-state index is 6.25. The van der Waals surface area contributed by atoms with Crippen LogP contribution in [0.25, 0.3) is 0 Å². The Morgan fingerprint density at radius 2 is 2.00 bits per heavy atom. The molecule has 3 N–H and O–H groups in total. The maximum Gasteiger partial charge on any atom is 0.161 e. The molecule has 112 valence electrons. The Bertz CT molecular complexity index is 633. The average Bonchev–Trinajstić information content (AvgIpc) is 2.45. The van der Waals surface area contributed by atoms with Crippen molar-refractivity contribution in [1.29, 1.82) is 0 Å². The van der Waals surface area contributed by atoms with Gasteiger partial charge in [0.1, 0.15) is 5.82 Å². The molecule has 21 heavy (non-hydrogen) atoms. The minimum atomic E-state index is 0.385. The van der Waals surface area contributed by atoms with Gasteiger partial charge in [-0.3, -0.25) is 4.98 Å². The van der Waals surface area contributed by atoms with E-state index >= 15 is 0 Å². The molecule has 0 aliphatic heterocycles. The van der Waals surface area contributed by atoms with Gasteiger partial charge in [0.15, 0.2) is 5.82 Å². The molecule has 0 aliphatic rings. The van der Waals surface area contributed by atoms with Gasteiger partial charge in [0.05, 0.1) is 22.3 Å². The van der Waals surface area contributed by atoms with Gasteiger partial charge in [-0.05, 0) is 32.0 Å². The lowest BCUT2D eigenvalue weighted by atomic mass is 10.3. The highest BCUT2D eigenvalue weighted by Gasteiger charge is 2.15. The molecule has 0 amide bonds. The number of rotatable bonds is 5. The number of nitrogens with two attached hydrogens (primary N) is 1. The number of aromatic nitrogens is 2. The molecule has 2 rings (SSSR count). The van der Waals surface area contributed by atoms with Crippen LogP contribution in [0.4, 0.5) is 11.6 Å². The second-order valence-corrected chi connectivity index (χ2v) is 5.37.